The fourth-order valence-corrected chi connectivity index (χ4v) is 3.78. The van der Waals surface area contributed by atoms with E-state index in [1.54, 1.807) is 7.11 Å². The van der Waals surface area contributed by atoms with Gasteiger partial charge in [-0.15, -0.1) is 0 Å². The lowest BCUT2D eigenvalue weighted by atomic mass is 10.1. The van der Waals surface area contributed by atoms with Crippen LogP contribution >= 0.6 is 0 Å². The number of aromatic amines is 1. The quantitative estimate of drug-likeness (QED) is 0.566. The molecule has 1 N–H and O–H groups in total. The van der Waals surface area contributed by atoms with Crippen molar-refractivity contribution in [3.63, 3.8) is 0 Å². The number of benzene rings is 1. The molecule has 29 heavy (non-hydrogen) atoms. The van der Waals surface area contributed by atoms with E-state index in [-0.39, 0.29) is 5.56 Å². The van der Waals surface area contributed by atoms with E-state index in [1.165, 1.54) is 0 Å². The third kappa shape index (κ3) is 4.43. The summed E-state index contributed by atoms with van der Waals surface area (Å²) in [5.41, 5.74) is 3.69. The predicted molar refractivity (Wildman–Crippen MR) is 121 cm³/mol. The summed E-state index contributed by atoms with van der Waals surface area (Å²) in [4.78, 5) is 15.6. The number of rotatable bonds is 10. The van der Waals surface area contributed by atoms with Crippen LogP contribution in [0.25, 0.3) is 27.9 Å². The highest BCUT2D eigenvalue weighted by Crippen LogP contribution is 2.25. The molecule has 0 radical (unpaired) electrons. The highest BCUT2D eigenvalue weighted by molar-refractivity contribution is 6.04. The molecule has 3 rings (SSSR count). The van der Waals surface area contributed by atoms with Crippen molar-refractivity contribution in [2.45, 2.75) is 40.2 Å². The first-order valence-electron chi connectivity index (χ1n) is 10.6. The Morgan fingerprint density at radius 1 is 1.24 bits per heavy atom. The first kappa shape index (κ1) is 21.3. The predicted octanol–water partition coefficient (Wildman–Crippen LogP) is 3.83. The number of likely N-dealkylation sites (N-methyl/N-ethyl adjacent to an activating group) is 1. The van der Waals surface area contributed by atoms with Crippen molar-refractivity contribution in [3.05, 3.63) is 45.9 Å². The van der Waals surface area contributed by atoms with Crippen LogP contribution in [0.4, 0.5) is 0 Å². The van der Waals surface area contributed by atoms with Gasteiger partial charge in [0, 0.05) is 32.0 Å². The Bertz CT molecular complexity index is 1040. The minimum Gasteiger partial charge on any atom is -0.384 e. The smallest absolute Gasteiger partial charge is 0.262 e. The number of nitrogens with one attached hydrogen (secondary N) is 1. The van der Waals surface area contributed by atoms with Crippen molar-refractivity contribution in [1.29, 1.82) is 0 Å². The number of hydrogen-bond donors (Lipinski definition) is 1. The van der Waals surface area contributed by atoms with E-state index in [9.17, 15) is 4.79 Å². The Morgan fingerprint density at radius 2 is 2.03 bits per heavy atom. The molecule has 0 aliphatic carbocycles. The molecule has 0 aliphatic heterocycles. The monoisotopic (exact) mass is 396 g/mol. The summed E-state index contributed by atoms with van der Waals surface area (Å²) in [6, 6.07) is 6.27. The molecule has 0 fully saturated rings. The third-order valence-corrected chi connectivity index (χ3v) is 5.44. The van der Waals surface area contributed by atoms with Crippen LogP contribution in [0.15, 0.2) is 29.1 Å². The summed E-state index contributed by atoms with van der Waals surface area (Å²) in [6.07, 6.45) is 5.89. The second-order valence-electron chi connectivity index (χ2n) is 7.29. The molecule has 2 aromatic heterocycles. The van der Waals surface area contributed by atoms with E-state index in [1.807, 2.05) is 10.6 Å². The molecule has 0 unspecified atom stereocenters. The number of H-pyrrole nitrogens is 1. The molecule has 0 saturated carbocycles. The highest BCUT2D eigenvalue weighted by Gasteiger charge is 2.17. The Kier molecular flexibility index (Phi) is 7.23. The zero-order valence-corrected chi connectivity index (χ0v) is 18.0. The van der Waals surface area contributed by atoms with Gasteiger partial charge >= 0.3 is 0 Å². The van der Waals surface area contributed by atoms with Gasteiger partial charge in [0.15, 0.2) is 0 Å². The van der Waals surface area contributed by atoms with E-state index in [2.05, 4.69) is 60.2 Å². The molecule has 0 atom stereocenters. The third-order valence-electron chi connectivity index (χ3n) is 5.44. The number of ether oxygens (including phenoxy) is 1. The fraction of sp³-hybridized carbons (Fsp3) is 0.478. The summed E-state index contributed by atoms with van der Waals surface area (Å²) in [5, 5.41) is 9.29. The molecule has 2 heterocycles. The summed E-state index contributed by atoms with van der Waals surface area (Å²) in [5.74, 6) is 0. The van der Waals surface area contributed by atoms with E-state index in [0.717, 1.165) is 53.7 Å². The molecular formula is C23H32N4O2. The van der Waals surface area contributed by atoms with Gasteiger partial charge in [0.05, 0.1) is 23.2 Å². The number of methoxy groups -OCH3 is 1. The fourth-order valence-electron chi connectivity index (χ4n) is 3.78. The normalized spacial score (nSPS) is 12.2. The van der Waals surface area contributed by atoms with E-state index >= 15 is 0 Å². The largest absolute Gasteiger partial charge is 0.384 e. The van der Waals surface area contributed by atoms with Gasteiger partial charge in [-0.1, -0.05) is 39.0 Å². The minimum atomic E-state index is 0.0269. The molecule has 0 saturated heterocycles. The zero-order chi connectivity index (χ0) is 20.8. The SMILES string of the molecule is CCCn1c(=O)c2c(CCOC)[nH]nc2c2cc(C=CCN(CC)CC)ccc21. The van der Waals surface area contributed by atoms with Gasteiger partial charge in [0.2, 0.25) is 0 Å². The van der Waals surface area contributed by atoms with Gasteiger partial charge < -0.3 is 14.2 Å². The van der Waals surface area contributed by atoms with Crippen molar-refractivity contribution in [3.8, 4) is 0 Å². The molecule has 0 amide bonds. The maximum atomic E-state index is 13.2. The number of aromatic nitrogens is 3. The summed E-state index contributed by atoms with van der Waals surface area (Å²) >= 11 is 0. The van der Waals surface area contributed by atoms with Crippen molar-refractivity contribution < 1.29 is 4.74 Å². The van der Waals surface area contributed by atoms with Crippen molar-refractivity contribution >= 4 is 27.9 Å². The summed E-state index contributed by atoms with van der Waals surface area (Å²) in [6.45, 7) is 10.7. The van der Waals surface area contributed by atoms with Crippen LogP contribution in [0.3, 0.4) is 0 Å². The molecule has 1 aromatic carbocycles. The standard InChI is InChI=1S/C23H32N4O2/c1-5-13-27-20-11-10-17(9-8-14-26(6-2)7-3)16-18(20)22-21(23(27)28)19(24-25-22)12-15-29-4/h8-11,16H,5-7,12-15H2,1-4H3,(H,24,25). The van der Waals surface area contributed by atoms with Crippen LogP contribution in [0.5, 0.6) is 0 Å². The average molecular weight is 397 g/mol. The van der Waals surface area contributed by atoms with Crippen molar-refractivity contribution in [1.82, 2.24) is 19.7 Å². The topological polar surface area (TPSA) is 63.1 Å². The molecule has 3 aromatic rings. The van der Waals surface area contributed by atoms with E-state index < -0.39 is 0 Å². The Morgan fingerprint density at radius 3 is 2.72 bits per heavy atom. The molecule has 0 aliphatic rings. The molecular weight excluding hydrogens is 364 g/mol. The first-order chi connectivity index (χ1) is 14.1. The van der Waals surface area contributed by atoms with Gasteiger partial charge in [-0.05, 0) is 37.2 Å². The maximum absolute atomic E-state index is 13.2. The van der Waals surface area contributed by atoms with Crippen LogP contribution in [-0.2, 0) is 17.7 Å². The molecule has 0 spiro atoms. The van der Waals surface area contributed by atoms with Crippen LogP contribution in [0.2, 0.25) is 0 Å². The zero-order valence-electron chi connectivity index (χ0n) is 18.0. The summed E-state index contributed by atoms with van der Waals surface area (Å²) < 4.78 is 7.08. The molecule has 156 valence electrons. The van der Waals surface area contributed by atoms with Gasteiger partial charge in [0.25, 0.3) is 5.56 Å². The average Bonchev–Trinajstić information content (AvgIpc) is 3.17. The number of aryl methyl sites for hydroxylation is 1. The van der Waals surface area contributed by atoms with E-state index in [0.29, 0.717) is 25.0 Å². The van der Waals surface area contributed by atoms with E-state index in [4.69, 9.17) is 4.74 Å². The lowest BCUT2D eigenvalue weighted by Gasteiger charge is -2.15. The number of pyridine rings is 1. The number of nitrogens with zero attached hydrogens (tertiary/aromatic N) is 3. The molecule has 0 bridgehead atoms. The van der Waals surface area contributed by atoms with Gasteiger partial charge in [-0.3, -0.25) is 9.89 Å². The Balaban J connectivity index is 2.11. The van der Waals surface area contributed by atoms with Crippen LogP contribution in [0, 0.1) is 0 Å². The van der Waals surface area contributed by atoms with Gasteiger partial charge in [0.1, 0.15) is 5.52 Å². The lowest BCUT2D eigenvalue weighted by molar-refractivity contribution is 0.201. The van der Waals surface area contributed by atoms with Gasteiger partial charge in [-0.2, -0.15) is 5.10 Å². The molecule has 6 heteroatoms. The Hall–Kier alpha value is -2.44. The second-order valence-corrected chi connectivity index (χ2v) is 7.29. The number of fused-ring (bicyclic) bond motifs is 3. The minimum absolute atomic E-state index is 0.0269. The van der Waals surface area contributed by atoms with Crippen molar-refractivity contribution in [2.24, 2.45) is 0 Å². The van der Waals surface area contributed by atoms with Crippen LogP contribution in [0.1, 0.15) is 38.4 Å². The maximum Gasteiger partial charge on any atom is 0.262 e. The number of hydrogen-bond acceptors (Lipinski definition) is 4. The lowest BCUT2D eigenvalue weighted by Crippen LogP contribution is -2.22. The summed E-state index contributed by atoms with van der Waals surface area (Å²) in [7, 11) is 1.67. The molecule has 6 nitrogen and oxygen atoms in total. The second kappa shape index (κ2) is 9.85. The van der Waals surface area contributed by atoms with Crippen molar-refractivity contribution in [2.75, 3.05) is 33.4 Å². The van der Waals surface area contributed by atoms with Gasteiger partial charge in [-0.25, -0.2) is 0 Å². The Labute approximate surface area is 172 Å². The highest BCUT2D eigenvalue weighted by atomic mass is 16.5. The van der Waals surface area contributed by atoms with Crippen LogP contribution in [-0.4, -0.2) is 53.0 Å². The van der Waals surface area contributed by atoms with Crippen LogP contribution < -0.4 is 5.56 Å². The first-order valence-corrected chi connectivity index (χ1v) is 10.6.